The number of rotatable bonds is 8. The Morgan fingerprint density at radius 3 is 2.71 bits per heavy atom. The Kier molecular flexibility index (Phi) is 7.00. The lowest BCUT2D eigenvalue weighted by atomic mass is 10.2. The topological polar surface area (TPSA) is 98.0 Å². The van der Waals surface area contributed by atoms with E-state index >= 15 is 0 Å². The Labute approximate surface area is 151 Å². The molecule has 128 valence electrons. The number of aromatic nitrogens is 2. The number of thioether (sulfide) groups is 2. The highest BCUT2D eigenvalue weighted by molar-refractivity contribution is 8.03. The molecule has 1 heterocycles. The van der Waals surface area contributed by atoms with Crippen LogP contribution in [0.4, 0.5) is 11.4 Å². The maximum atomic E-state index is 12.0. The molecule has 24 heavy (non-hydrogen) atoms. The molecule has 1 N–H and O–H groups in total. The van der Waals surface area contributed by atoms with Gasteiger partial charge in [-0.15, -0.1) is 10.2 Å². The van der Waals surface area contributed by atoms with Crippen LogP contribution in [0.1, 0.15) is 18.9 Å². The second-order valence-electron chi connectivity index (χ2n) is 4.78. The third-order valence-corrected chi connectivity index (χ3v) is 6.25. The summed E-state index contributed by atoms with van der Waals surface area (Å²) in [6.07, 6.45) is 1.07. The highest BCUT2D eigenvalue weighted by Crippen LogP contribution is 2.29. The van der Waals surface area contributed by atoms with Crippen LogP contribution >= 0.6 is 34.9 Å². The van der Waals surface area contributed by atoms with E-state index in [0.29, 0.717) is 5.69 Å². The Bertz CT molecular complexity index is 736. The van der Waals surface area contributed by atoms with Crippen molar-refractivity contribution in [3.63, 3.8) is 0 Å². The number of aryl methyl sites for hydroxylation is 1. The molecule has 0 saturated carbocycles. The van der Waals surface area contributed by atoms with Crippen LogP contribution in [0.3, 0.4) is 0 Å². The standard InChI is InChI=1S/C14H16N4O3S3/c1-3-6-22-13-16-17-14(24-13)23-8-12(19)15-11-7-10(18(20)21)5-4-9(11)2/h4-5,7H,3,6,8H2,1-2H3,(H,15,19). The zero-order valence-electron chi connectivity index (χ0n) is 13.1. The molecule has 0 saturated heterocycles. The molecule has 10 heteroatoms. The minimum absolute atomic E-state index is 0.0507. The number of amides is 1. The van der Waals surface area contributed by atoms with Gasteiger partial charge in [0.1, 0.15) is 0 Å². The molecule has 0 spiro atoms. The van der Waals surface area contributed by atoms with E-state index in [1.54, 1.807) is 24.8 Å². The first kappa shape index (κ1) is 18.7. The van der Waals surface area contributed by atoms with Crippen LogP contribution in [-0.4, -0.2) is 32.5 Å². The van der Waals surface area contributed by atoms with E-state index in [4.69, 9.17) is 0 Å². The summed E-state index contributed by atoms with van der Waals surface area (Å²) in [7, 11) is 0. The van der Waals surface area contributed by atoms with E-state index in [1.165, 1.54) is 35.2 Å². The highest BCUT2D eigenvalue weighted by Gasteiger charge is 2.12. The van der Waals surface area contributed by atoms with Crippen LogP contribution < -0.4 is 5.32 Å². The van der Waals surface area contributed by atoms with Gasteiger partial charge in [-0.3, -0.25) is 14.9 Å². The normalized spacial score (nSPS) is 10.6. The van der Waals surface area contributed by atoms with Crippen molar-refractivity contribution in [1.29, 1.82) is 0 Å². The van der Waals surface area contributed by atoms with Gasteiger partial charge in [-0.25, -0.2) is 0 Å². The fourth-order valence-electron chi connectivity index (χ4n) is 1.67. The minimum atomic E-state index is -0.486. The molecule has 0 radical (unpaired) electrons. The predicted molar refractivity (Wildman–Crippen MR) is 98.1 cm³/mol. The summed E-state index contributed by atoms with van der Waals surface area (Å²) in [4.78, 5) is 22.4. The van der Waals surface area contributed by atoms with Gasteiger partial charge < -0.3 is 5.32 Å². The average molecular weight is 385 g/mol. The number of non-ortho nitro benzene ring substituents is 1. The van der Waals surface area contributed by atoms with E-state index in [2.05, 4.69) is 22.4 Å². The van der Waals surface area contributed by atoms with E-state index in [-0.39, 0.29) is 17.3 Å². The van der Waals surface area contributed by atoms with Crippen molar-refractivity contribution in [3.8, 4) is 0 Å². The number of nitro benzene ring substituents is 1. The second-order valence-corrected chi connectivity index (χ2v) is 8.32. The largest absolute Gasteiger partial charge is 0.325 e. The second kappa shape index (κ2) is 9.00. The third-order valence-electron chi connectivity index (χ3n) is 2.85. The smallest absolute Gasteiger partial charge is 0.271 e. The van der Waals surface area contributed by atoms with Crippen molar-refractivity contribution >= 4 is 52.1 Å². The predicted octanol–water partition coefficient (Wildman–Crippen LogP) is 3.99. The van der Waals surface area contributed by atoms with E-state index in [9.17, 15) is 14.9 Å². The molecule has 7 nitrogen and oxygen atoms in total. The molecule has 0 unspecified atom stereocenters. The number of nitro groups is 1. The molecule has 0 aliphatic carbocycles. The third kappa shape index (κ3) is 5.46. The molecule has 1 aromatic heterocycles. The molecule has 0 aliphatic rings. The van der Waals surface area contributed by atoms with Gasteiger partial charge in [0.15, 0.2) is 8.68 Å². The van der Waals surface area contributed by atoms with Crippen molar-refractivity contribution in [2.75, 3.05) is 16.8 Å². The van der Waals surface area contributed by atoms with Crippen LogP contribution in [0.25, 0.3) is 0 Å². The van der Waals surface area contributed by atoms with E-state index < -0.39 is 4.92 Å². The molecule has 0 bridgehead atoms. The zero-order chi connectivity index (χ0) is 17.5. The molecule has 1 aromatic carbocycles. The first-order valence-electron chi connectivity index (χ1n) is 7.13. The van der Waals surface area contributed by atoms with Gasteiger partial charge in [0, 0.05) is 17.9 Å². The van der Waals surface area contributed by atoms with Crippen molar-refractivity contribution in [3.05, 3.63) is 33.9 Å². The molecule has 2 aromatic rings. The fraction of sp³-hybridized carbons (Fsp3) is 0.357. The maximum absolute atomic E-state index is 12.0. The lowest BCUT2D eigenvalue weighted by Crippen LogP contribution is -2.15. The van der Waals surface area contributed by atoms with Gasteiger partial charge in [0.2, 0.25) is 5.91 Å². The summed E-state index contributed by atoms with van der Waals surface area (Å²) in [5, 5.41) is 21.6. The summed E-state index contributed by atoms with van der Waals surface area (Å²) in [5.41, 5.74) is 1.17. The van der Waals surface area contributed by atoms with E-state index in [0.717, 1.165) is 26.4 Å². The number of hydrogen-bond acceptors (Lipinski definition) is 8. The monoisotopic (exact) mass is 384 g/mol. The Balaban J connectivity index is 1.90. The van der Waals surface area contributed by atoms with E-state index in [1.807, 2.05) is 0 Å². The number of carbonyl (C=O) groups is 1. The lowest BCUT2D eigenvalue weighted by Gasteiger charge is -2.07. The van der Waals surface area contributed by atoms with Gasteiger partial charge in [0.25, 0.3) is 5.69 Å². The Morgan fingerprint density at radius 1 is 1.33 bits per heavy atom. The van der Waals surface area contributed by atoms with Crippen LogP contribution in [0, 0.1) is 17.0 Å². The van der Waals surface area contributed by atoms with Crippen molar-refractivity contribution < 1.29 is 9.72 Å². The van der Waals surface area contributed by atoms with Crippen LogP contribution in [0.2, 0.25) is 0 Å². The molecule has 1 amide bonds. The SMILES string of the molecule is CCCSc1nnc(SCC(=O)Nc2cc([N+](=O)[O-])ccc2C)s1. The van der Waals surface area contributed by atoms with Crippen molar-refractivity contribution in [1.82, 2.24) is 10.2 Å². The van der Waals surface area contributed by atoms with Gasteiger partial charge in [-0.05, 0) is 18.9 Å². The maximum Gasteiger partial charge on any atom is 0.271 e. The number of anilines is 1. The zero-order valence-corrected chi connectivity index (χ0v) is 15.6. The summed E-state index contributed by atoms with van der Waals surface area (Å²) >= 11 is 4.42. The van der Waals surface area contributed by atoms with Crippen molar-refractivity contribution in [2.24, 2.45) is 0 Å². The minimum Gasteiger partial charge on any atom is -0.325 e. The fourth-order valence-corrected chi connectivity index (χ4v) is 4.42. The summed E-state index contributed by atoms with van der Waals surface area (Å²) < 4.78 is 1.63. The first-order valence-corrected chi connectivity index (χ1v) is 9.92. The van der Waals surface area contributed by atoms with Crippen LogP contribution in [-0.2, 0) is 4.79 Å². The molecule has 0 aliphatic heterocycles. The summed E-state index contributed by atoms with van der Waals surface area (Å²) in [5.74, 6) is 0.933. The summed E-state index contributed by atoms with van der Waals surface area (Å²) in [6, 6.07) is 4.39. The van der Waals surface area contributed by atoms with Crippen LogP contribution in [0.15, 0.2) is 26.9 Å². The van der Waals surface area contributed by atoms with Gasteiger partial charge >= 0.3 is 0 Å². The molecular formula is C14H16N4O3S3. The van der Waals surface area contributed by atoms with Crippen molar-refractivity contribution in [2.45, 2.75) is 28.9 Å². The molecule has 2 rings (SSSR count). The average Bonchev–Trinajstić information content (AvgIpc) is 3.00. The van der Waals surface area contributed by atoms with Gasteiger partial charge in [-0.1, -0.05) is 47.9 Å². The number of hydrogen-bond donors (Lipinski definition) is 1. The quantitative estimate of drug-likeness (QED) is 0.417. The molecule has 0 fully saturated rings. The van der Waals surface area contributed by atoms with Crippen LogP contribution in [0.5, 0.6) is 0 Å². The summed E-state index contributed by atoms with van der Waals surface area (Å²) in [6.45, 7) is 3.89. The first-order chi connectivity index (χ1) is 11.5. The number of carbonyl (C=O) groups excluding carboxylic acids is 1. The number of benzene rings is 1. The van der Waals surface area contributed by atoms with Gasteiger partial charge in [-0.2, -0.15) is 0 Å². The molecular weight excluding hydrogens is 368 g/mol. The lowest BCUT2D eigenvalue weighted by molar-refractivity contribution is -0.384. The van der Waals surface area contributed by atoms with Gasteiger partial charge in [0.05, 0.1) is 16.4 Å². The number of nitrogens with one attached hydrogen (secondary N) is 1. The number of nitrogens with zero attached hydrogens (tertiary/aromatic N) is 3. The highest BCUT2D eigenvalue weighted by atomic mass is 32.2. The molecule has 0 atom stereocenters. The Hall–Kier alpha value is -1.65. The Morgan fingerprint density at radius 2 is 2.04 bits per heavy atom.